The summed E-state index contributed by atoms with van der Waals surface area (Å²) in [6.45, 7) is 12.9. The van der Waals surface area contributed by atoms with Gasteiger partial charge in [-0.25, -0.2) is 0 Å². The molecule has 1 aliphatic heterocycles. The molecule has 122 valence electrons. The Balaban J connectivity index is 1.80. The van der Waals surface area contributed by atoms with E-state index in [4.69, 9.17) is 5.73 Å². The van der Waals surface area contributed by atoms with Crippen molar-refractivity contribution in [1.29, 1.82) is 0 Å². The van der Waals surface area contributed by atoms with Crippen LogP contribution in [0.15, 0.2) is 29.3 Å². The maximum atomic E-state index is 5.99. The van der Waals surface area contributed by atoms with Gasteiger partial charge in [0.2, 0.25) is 0 Å². The number of nitrogens with one attached hydrogen (secondary N) is 1. The van der Waals surface area contributed by atoms with Crippen LogP contribution >= 0.6 is 0 Å². The van der Waals surface area contributed by atoms with Gasteiger partial charge in [-0.05, 0) is 38.1 Å². The smallest absolute Gasteiger partial charge is 0.193 e. The fraction of sp³-hybridized carbons (Fsp3) is 0.588. The lowest BCUT2D eigenvalue weighted by atomic mass is 10.2. The van der Waals surface area contributed by atoms with Crippen molar-refractivity contribution in [3.05, 3.63) is 29.8 Å². The number of rotatable bonds is 5. The molecule has 0 amide bonds. The number of nitrogens with zero attached hydrogens (tertiary/aromatic N) is 3. The number of hydrogen-bond donors (Lipinski definition) is 2. The van der Waals surface area contributed by atoms with Crippen LogP contribution in [0.3, 0.4) is 0 Å². The van der Waals surface area contributed by atoms with Crippen molar-refractivity contribution in [2.24, 2.45) is 10.7 Å². The van der Waals surface area contributed by atoms with Crippen molar-refractivity contribution in [2.45, 2.75) is 26.8 Å². The van der Waals surface area contributed by atoms with Crippen LogP contribution in [0.4, 0.5) is 5.69 Å². The highest BCUT2D eigenvalue weighted by molar-refractivity contribution is 5.92. The summed E-state index contributed by atoms with van der Waals surface area (Å²) < 4.78 is 0. The third-order valence-corrected chi connectivity index (χ3v) is 4.29. The number of aryl methyl sites for hydroxylation is 1. The molecule has 5 nitrogen and oxygen atoms in total. The molecule has 1 heterocycles. The summed E-state index contributed by atoms with van der Waals surface area (Å²) >= 11 is 0. The van der Waals surface area contributed by atoms with E-state index < -0.39 is 0 Å². The molecule has 5 heteroatoms. The number of hydrogen-bond acceptors (Lipinski definition) is 3. The van der Waals surface area contributed by atoms with E-state index in [0.717, 1.165) is 45.0 Å². The monoisotopic (exact) mass is 303 g/mol. The third-order valence-electron chi connectivity index (χ3n) is 4.29. The Morgan fingerprint density at radius 2 is 2.05 bits per heavy atom. The highest BCUT2D eigenvalue weighted by Crippen LogP contribution is 2.09. The van der Waals surface area contributed by atoms with Gasteiger partial charge < -0.3 is 16.0 Å². The molecule has 3 N–H and O–H groups in total. The van der Waals surface area contributed by atoms with Crippen molar-refractivity contribution >= 4 is 11.6 Å². The van der Waals surface area contributed by atoms with Gasteiger partial charge in [0, 0.05) is 37.9 Å². The Morgan fingerprint density at radius 1 is 1.32 bits per heavy atom. The van der Waals surface area contributed by atoms with Crippen molar-refractivity contribution in [3.8, 4) is 0 Å². The molecule has 1 saturated heterocycles. The molecule has 0 saturated carbocycles. The second kappa shape index (κ2) is 8.15. The second-order valence-corrected chi connectivity index (χ2v) is 6.04. The zero-order valence-corrected chi connectivity index (χ0v) is 14.0. The molecule has 1 aromatic rings. The molecular weight excluding hydrogens is 274 g/mol. The quantitative estimate of drug-likeness (QED) is 0.643. The molecule has 0 bridgehead atoms. The molecule has 22 heavy (non-hydrogen) atoms. The lowest BCUT2D eigenvalue weighted by molar-refractivity contribution is 0.109. The predicted molar refractivity (Wildman–Crippen MR) is 94.4 cm³/mol. The van der Waals surface area contributed by atoms with Gasteiger partial charge in [-0.3, -0.25) is 9.89 Å². The van der Waals surface area contributed by atoms with Gasteiger partial charge in [-0.1, -0.05) is 19.1 Å². The van der Waals surface area contributed by atoms with E-state index in [1.165, 1.54) is 5.56 Å². The van der Waals surface area contributed by atoms with Crippen LogP contribution < -0.4 is 11.1 Å². The zero-order valence-electron chi connectivity index (χ0n) is 14.0. The second-order valence-electron chi connectivity index (χ2n) is 6.04. The average molecular weight is 303 g/mol. The Bertz CT molecular complexity index is 492. The normalized spacial score (nSPS) is 19.1. The van der Waals surface area contributed by atoms with Gasteiger partial charge >= 0.3 is 0 Å². The molecular formula is C17H29N5. The highest BCUT2D eigenvalue weighted by Gasteiger charge is 2.19. The van der Waals surface area contributed by atoms with Crippen LogP contribution in [0, 0.1) is 6.92 Å². The largest absolute Gasteiger partial charge is 0.370 e. The Morgan fingerprint density at radius 3 is 2.68 bits per heavy atom. The fourth-order valence-electron chi connectivity index (χ4n) is 2.78. The number of benzene rings is 1. The SMILES string of the molecule is CCN1CCN(C(C)CN=C(N)Nc2cccc(C)c2)CC1. The molecule has 0 radical (unpaired) electrons. The zero-order chi connectivity index (χ0) is 15.9. The molecule has 0 aliphatic carbocycles. The van der Waals surface area contributed by atoms with Crippen LogP contribution in [-0.4, -0.2) is 61.1 Å². The lowest BCUT2D eigenvalue weighted by Crippen LogP contribution is -2.50. The molecule has 0 aromatic heterocycles. The minimum atomic E-state index is 0.428. The summed E-state index contributed by atoms with van der Waals surface area (Å²) in [6, 6.07) is 8.58. The summed E-state index contributed by atoms with van der Waals surface area (Å²) in [7, 11) is 0. The van der Waals surface area contributed by atoms with E-state index in [9.17, 15) is 0 Å². The van der Waals surface area contributed by atoms with Crippen molar-refractivity contribution < 1.29 is 0 Å². The predicted octanol–water partition coefficient (Wildman–Crippen LogP) is 1.75. The van der Waals surface area contributed by atoms with Gasteiger partial charge in [-0.2, -0.15) is 0 Å². The first-order chi connectivity index (χ1) is 10.6. The molecule has 1 unspecified atom stereocenters. The maximum Gasteiger partial charge on any atom is 0.193 e. The minimum Gasteiger partial charge on any atom is -0.370 e. The van der Waals surface area contributed by atoms with Crippen LogP contribution in [0.2, 0.25) is 0 Å². The summed E-state index contributed by atoms with van der Waals surface area (Å²) in [5.74, 6) is 0.490. The van der Waals surface area contributed by atoms with E-state index in [1.807, 2.05) is 12.1 Å². The van der Waals surface area contributed by atoms with E-state index in [1.54, 1.807) is 0 Å². The number of aliphatic imine (C=N–C) groups is 1. The molecule has 1 aliphatic rings. The van der Waals surface area contributed by atoms with Crippen molar-refractivity contribution in [1.82, 2.24) is 9.80 Å². The number of nitrogens with two attached hydrogens (primary N) is 1. The fourth-order valence-corrected chi connectivity index (χ4v) is 2.78. The average Bonchev–Trinajstić information content (AvgIpc) is 2.52. The number of piperazine rings is 1. The third kappa shape index (κ3) is 5.00. The molecule has 1 aromatic carbocycles. The first kappa shape index (κ1) is 16.8. The van der Waals surface area contributed by atoms with Crippen LogP contribution in [-0.2, 0) is 0 Å². The summed E-state index contributed by atoms with van der Waals surface area (Å²) in [5.41, 5.74) is 8.19. The van der Waals surface area contributed by atoms with E-state index in [2.05, 4.69) is 53.0 Å². The first-order valence-electron chi connectivity index (χ1n) is 8.18. The van der Waals surface area contributed by atoms with Gasteiger partial charge in [0.25, 0.3) is 0 Å². The Kier molecular flexibility index (Phi) is 6.21. The Labute approximate surface area is 134 Å². The topological polar surface area (TPSA) is 56.9 Å². The van der Waals surface area contributed by atoms with Crippen molar-refractivity contribution in [2.75, 3.05) is 44.6 Å². The molecule has 0 spiro atoms. The van der Waals surface area contributed by atoms with E-state index >= 15 is 0 Å². The van der Waals surface area contributed by atoms with Crippen LogP contribution in [0.5, 0.6) is 0 Å². The number of guanidine groups is 1. The lowest BCUT2D eigenvalue weighted by Gasteiger charge is -2.37. The summed E-state index contributed by atoms with van der Waals surface area (Å²) in [5, 5.41) is 3.16. The molecule has 1 fully saturated rings. The minimum absolute atomic E-state index is 0.428. The van der Waals surface area contributed by atoms with Gasteiger partial charge in [0.15, 0.2) is 5.96 Å². The highest BCUT2D eigenvalue weighted by atomic mass is 15.3. The van der Waals surface area contributed by atoms with E-state index in [0.29, 0.717) is 12.0 Å². The number of likely N-dealkylation sites (N-methyl/N-ethyl adjacent to an activating group) is 1. The first-order valence-corrected chi connectivity index (χ1v) is 8.18. The standard InChI is InChI=1S/C17H29N5/c1-4-21-8-10-22(11-9-21)15(3)13-19-17(18)20-16-7-5-6-14(2)12-16/h5-7,12,15H,4,8-11,13H2,1-3H3,(H3,18,19,20). The van der Waals surface area contributed by atoms with E-state index in [-0.39, 0.29) is 0 Å². The summed E-state index contributed by atoms with van der Waals surface area (Å²) in [4.78, 5) is 9.47. The van der Waals surface area contributed by atoms with Gasteiger partial charge in [0.05, 0.1) is 6.54 Å². The molecule has 1 atom stereocenters. The Hall–Kier alpha value is -1.59. The van der Waals surface area contributed by atoms with Gasteiger partial charge in [-0.15, -0.1) is 0 Å². The molecule has 2 rings (SSSR count). The summed E-state index contributed by atoms with van der Waals surface area (Å²) in [6.07, 6.45) is 0. The van der Waals surface area contributed by atoms with Crippen LogP contribution in [0.25, 0.3) is 0 Å². The van der Waals surface area contributed by atoms with Gasteiger partial charge in [0.1, 0.15) is 0 Å². The maximum absolute atomic E-state index is 5.99. The van der Waals surface area contributed by atoms with Crippen LogP contribution in [0.1, 0.15) is 19.4 Å². The number of anilines is 1. The van der Waals surface area contributed by atoms with Crippen molar-refractivity contribution in [3.63, 3.8) is 0 Å².